The molecular formula is C11H20N4O2. The number of hydrogen-bond acceptors (Lipinski definition) is 4. The Kier molecular flexibility index (Phi) is 4.51. The number of rotatable bonds is 4. The van der Waals surface area contributed by atoms with Gasteiger partial charge in [-0.15, -0.1) is 0 Å². The largest absolute Gasteiger partial charge is 0.444 e. The van der Waals surface area contributed by atoms with Gasteiger partial charge < -0.3 is 15.8 Å². The first-order valence-corrected chi connectivity index (χ1v) is 5.58. The lowest BCUT2D eigenvalue weighted by Gasteiger charge is -2.21. The van der Waals surface area contributed by atoms with Gasteiger partial charge in [-0.25, -0.2) is 4.79 Å². The Bertz CT molecular complexity index is 343. The number of nitrogens with two attached hydrogens (primary N) is 1. The van der Waals surface area contributed by atoms with E-state index >= 15 is 0 Å². The van der Waals surface area contributed by atoms with Crippen molar-refractivity contribution in [3.05, 3.63) is 18.0 Å². The number of hydrogen-bond donors (Lipinski definition) is 3. The van der Waals surface area contributed by atoms with Gasteiger partial charge in [0.2, 0.25) is 0 Å². The Morgan fingerprint density at radius 3 is 2.82 bits per heavy atom. The first-order valence-electron chi connectivity index (χ1n) is 5.58. The second kappa shape index (κ2) is 5.67. The minimum absolute atomic E-state index is 0.0428. The van der Waals surface area contributed by atoms with E-state index in [1.165, 1.54) is 0 Å². The molecule has 0 aliphatic rings. The summed E-state index contributed by atoms with van der Waals surface area (Å²) in [6.45, 7) is 6.34. The van der Waals surface area contributed by atoms with Crippen molar-refractivity contribution >= 4 is 6.09 Å². The van der Waals surface area contributed by atoms with Crippen molar-refractivity contribution < 1.29 is 9.53 Å². The van der Waals surface area contributed by atoms with Gasteiger partial charge in [0.05, 0.1) is 6.20 Å². The molecule has 17 heavy (non-hydrogen) atoms. The third-order valence-electron chi connectivity index (χ3n) is 2.17. The van der Waals surface area contributed by atoms with Gasteiger partial charge >= 0.3 is 6.09 Å². The van der Waals surface area contributed by atoms with E-state index in [9.17, 15) is 4.79 Å². The van der Waals surface area contributed by atoms with Crippen LogP contribution in [0.15, 0.2) is 12.4 Å². The molecule has 0 aliphatic heterocycles. The van der Waals surface area contributed by atoms with Crippen molar-refractivity contribution in [3.63, 3.8) is 0 Å². The molecule has 1 atom stereocenters. The van der Waals surface area contributed by atoms with Gasteiger partial charge in [-0.3, -0.25) is 5.10 Å². The monoisotopic (exact) mass is 240 g/mol. The van der Waals surface area contributed by atoms with Gasteiger partial charge in [-0.05, 0) is 26.3 Å². The van der Waals surface area contributed by atoms with E-state index in [2.05, 4.69) is 15.5 Å². The van der Waals surface area contributed by atoms with Crippen LogP contribution in [0.4, 0.5) is 4.79 Å². The van der Waals surface area contributed by atoms with Crippen LogP contribution in [0.1, 0.15) is 32.3 Å². The average molecular weight is 240 g/mol. The van der Waals surface area contributed by atoms with Gasteiger partial charge in [0.15, 0.2) is 0 Å². The molecule has 1 heterocycles. The molecule has 0 aromatic carbocycles. The summed E-state index contributed by atoms with van der Waals surface area (Å²) in [6.07, 6.45) is 3.04. The van der Waals surface area contributed by atoms with E-state index in [-0.39, 0.29) is 5.92 Å². The van der Waals surface area contributed by atoms with Crippen LogP contribution < -0.4 is 11.1 Å². The van der Waals surface area contributed by atoms with Crippen LogP contribution in [0, 0.1) is 0 Å². The number of alkyl carbamates (subject to hydrolysis) is 1. The first kappa shape index (κ1) is 13.5. The Morgan fingerprint density at radius 2 is 2.35 bits per heavy atom. The molecule has 1 rings (SSSR count). The van der Waals surface area contributed by atoms with Gasteiger partial charge in [0, 0.05) is 25.2 Å². The van der Waals surface area contributed by atoms with Crippen LogP contribution >= 0.6 is 0 Å². The number of H-pyrrole nitrogens is 1. The predicted molar refractivity (Wildman–Crippen MR) is 64.6 cm³/mol. The van der Waals surface area contributed by atoms with Crippen molar-refractivity contribution in [2.75, 3.05) is 13.1 Å². The highest BCUT2D eigenvalue weighted by Crippen LogP contribution is 2.12. The molecule has 6 nitrogen and oxygen atoms in total. The smallest absolute Gasteiger partial charge is 0.407 e. The van der Waals surface area contributed by atoms with Crippen molar-refractivity contribution in [1.29, 1.82) is 0 Å². The molecule has 96 valence electrons. The quantitative estimate of drug-likeness (QED) is 0.731. The molecule has 0 spiro atoms. The summed E-state index contributed by atoms with van der Waals surface area (Å²) in [5, 5.41) is 9.27. The summed E-state index contributed by atoms with van der Waals surface area (Å²) >= 11 is 0. The van der Waals surface area contributed by atoms with Crippen molar-refractivity contribution in [1.82, 2.24) is 15.5 Å². The Hall–Kier alpha value is -1.56. The van der Waals surface area contributed by atoms with Crippen LogP contribution in [0.25, 0.3) is 0 Å². The fourth-order valence-electron chi connectivity index (χ4n) is 1.34. The highest BCUT2D eigenvalue weighted by atomic mass is 16.6. The van der Waals surface area contributed by atoms with Crippen molar-refractivity contribution in [2.45, 2.75) is 32.3 Å². The Labute approximate surface area is 101 Å². The minimum Gasteiger partial charge on any atom is -0.444 e. The number of ether oxygens (including phenoxy) is 1. The summed E-state index contributed by atoms with van der Waals surface area (Å²) in [5.74, 6) is 0.0428. The van der Waals surface area contributed by atoms with Crippen LogP contribution in [0.3, 0.4) is 0 Å². The van der Waals surface area contributed by atoms with Crippen molar-refractivity contribution in [2.24, 2.45) is 5.73 Å². The second-order valence-corrected chi connectivity index (χ2v) is 4.85. The first-order chi connectivity index (χ1) is 7.92. The van der Waals surface area contributed by atoms with E-state index in [0.29, 0.717) is 13.1 Å². The Morgan fingerprint density at radius 1 is 1.65 bits per heavy atom. The molecule has 0 bridgehead atoms. The Balaban J connectivity index is 2.41. The topological polar surface area (TPSA) is 93.0 Å². The maximum Gasteiger partial charge on any atom is 0.407 e. The molecule has 0 aliphatic carbocycles. The fourth-order valence-corrected chi connectivity index (χ4v) is 1.34. The van der Waals surface area contributed by atoms with Crippen LogP contribution in [0.5, 0.6) is 0 Å². The normalized spacial score (nSPS) is 13.2. The summed E-state index contributed by atoms with van der Waals surface area (Å²) < 4.78 is 5.14. The van der Waals surface area contributed by atoms with E-state index in [1.54, 1.807) is 12.4 Å². The number of nitrogens with one attached hydrogen (secondary N) is 2. The molecule has 0 saturated heterocycles. The zero-order chi connectivity index (χ0) is 12.9. The van der Waals surface area contributed by atoms with Gasteiger partial charge in [-0.2, -0.15) is 5.10 Å². The summed E-state index contributed by atoms with van der Waals surface area (Å²) in [5.41, 5.74) is 6.13. The SMILES string of the molecule is CC(C)(C)OC(=O)NCC(CN)c1cn[nH]c1. The maximum atomic E-state index is 11.5. The number of carbonyl (C=O) groups excluding carboxylic acids is 1. The summed E-state index contributed by atoms with van der Waals surface area (Å²) in [6, 6.07) is 0. The zero-order valence-corrected chi connectivity index (χ0v) is 10.5. The molecule has 0 radical (unpaired) electrons. The average Bonchev–Trinajstić information content (AvgIpc) is 2.69. The zero-order valence-electron chi connectivity index (χ0n) is 10.5. The number of nitrogens with zero attached hydrogens (tertiary/aromatic N) is 1. The molecule has 0 fully saturated rings. The summed E-state index contributed by atoms with van der Waals surface area (Å²) in [4.78, 5) is 11.5. The third-order valence-corrected chi connectivity index (χ3v) is 2.17. The predicted octanol–water partition coefficient (Wildman–Crippen LogP) is 0.977. The van der Waals surface area contributed by atoms with E-state index < -0.39 is 11.7 Å². The lowest BCUT2D eigenvalue weighted by Crippen LogP contribution is -2.36. The lowest BCUT2D eigenvalue weighted by molar-refractivity contribution is 0.0525. The highest BCUT2D eigenvalue weighted by molar-refractivity contribution is 5.67. The lowest BCUT2D eigenvalue weighted by atomic mass is 10.0. The van der Waals surface area contributed by atoms with Gasteiger partial charge in [0.25, 0.3) is 0 Å². The summed E-state index contributed by atoms with van der Waals surface area (Å²) in [7, 11) is 0. The van der Waals surface area contributed by atoms with Gasteiger partial charge in [-0.1, -0.05) is 0 Å². The molecule has 1 aromatic rings. The maximum absolute atomic E-state index is 11.5. The molecule has 6 heteroatoms. The highest BCUT2D eigenvalue weighted by Gasteiger charge is 2.17. The van der Waals surface area contributed by atoms with Crippen LogP contribution in [-0.4, -0.2) is 35.0 Å². The number of amides is 1. The molecule has 1 unspecified atom stereocenters. The van der Waals surface area contributed by atoms with E-state index in [0.717, 1.165) is 5.56 Å². The minimum atomic E-state index is -0.488. The standard InChI is InChI=1S/C11H20N4O2/c1-11(2,3)17-10(16)13-5-8(4-12)9-6-14-15-7-9/h6-8H,4-5,12H2,1-3H3,(H,13,16)(H,14,15). The fraction of sp³-hybridized carbons (Fsp3) is 0.636. The molecular weight excluding hydrogens is 220 g/mol. The number of aromatic nitrogens is 2. The van der Waals surface area contributed by atoms with Gasteiger partial charge in [0.1, 0.15) is 5.60 Å². The molecule has 1 amide bonds. The molecule has 4 N–H and O–H groups in total. The second-order valence-electron chi connectivity index (χ2n) is 4.85. The van der Waals surface area contributed by atoms with Crippen LogP contribution in [-0.2, 0) is 4.74 Å². The van der Waals surface area contributed by atoms with Crippen LogP contribution in [0.2, 0.25) is 0 Å². The van der Waals surface area contributed by atoms with E-state index in [4.69, 9.17) is 10.5 Å². The number of aromatic amines is 1. The van der Waals surface area contributed by atoms with E-state index in [1.807, 2.05) is 20.8 Å². The third kappa shape index (κ3) is 4.86. The molecule has 0 saturated carbocycles. The van der Waals surface area contributed by atoms with Crippen molar-refractivity contribution in [3.8, 4) is 0 Å². The molecule has 1 aromatic heterocycles. The number of carbonyl (C=O) groups is 1.